The van der Waals surface area contributed by atoms with Crippen LogP contribution in [0.1, 0.15) is 15.9 Å². The number of para-hydroxylation sites is 1. The van der Waals surface area contributed by atoms with E-state index < -0.39 is 0 Å². The average Bonchev–Trinajstić information content (AvgIpc) is 3.43. The summed E-state index contributed by atoms with van der Waals surface area (Å²) < 4.78 is 3.45. The summed E-state index contributed by atoms with van der Waals surface area (Å²) in [6.07, 6.45) is 7.02. The van der Waals surface area contributed by atoms with Gasteiger partial charge in [-0.2, -0.15) is 10.2 Å². The molecule has 0 spiro atoms. The highest BCUT2D eigenvalue weighted by atomic mass is 35.5. The normalized spacial score (nSPS) is 11.1. The lowest BCUT2D eigenvalue weighted by atomic mass is 10.0. The summed E-state index contributed by atoms with van der Waals surface area (Å²) in [5.74, 6) is -0.231. The van der Waals surface area contributed by atoms with E-state index in [9.17, 15) is 4.79 Å². The number of aromatic nitrogens is 5. The van der Waals surface area contributed by atoms with Crippen molar-refractivity contribution in [1.82, 2.24) is 24.5 Å². The van der Waals surface area contributed by atoms with Gasteiger partial charge in [-0.25, -0.2) is 4.98 Å². The van der Waals surface area contributed by atoms with E-state index in [-0.39, 0.29) is 5.91 Å². The average molecular weight is 443 g/mol. The number of nitrogens with zero attached hydrogens (tertiary/aromatic N) is 5. The van der Waals surface area contributed by atoms with Crippen molar-refractivity contribution in [2.24, 2.45) is 7.05 Å². The quantitative estimate of drug-likeness (QED) is 0.424. The van der Waals surface area contributed by atoms with Crippen molar-refractivity contribution < 1.29 is 4.79 Å². The van der Waals surface area contributed by atoms with Gasteiger partial charge in [0, 0.05) is 35.4 Å². The summed E-state index contributed by atoms with van der Waals surface area (Å²) in [7, 11) is 1.85. The number of aryl methyl sites for hydroxylation is 1. The second kappa shape index (κ2) is 8.28. The molecule has 0 bridgehead atoms. The molecule has 32 heavy (non-hydrogen) atoms. The van der Waals surface area contributed by atoms with Crippen LogP contribution in [0.4, 0.5) is 5.69 Å². The van der Waals surface area contributed by atoms with E-state index in [1.165, 1.54) is 0 Å². The van der Waals surface area contributed by atoms with Gasteiger partial charge in [-0.1, -0.05) is 48.0 Å². The molecule has 3 aromatic heterocycles. The Morgan fingerprint density at radius 1 is 1.03 bits per heavy atom. The van der Waals surface area contributed by atoms with Crippen LogP contribution in [-0.2, 0) is 13.6 Å². The molecular formula is C24H19ClN6O. The Labute approximate surface area is 189 Å². The van der Waals surface area contributed by atoms with Gasteiger partial charge in [-0.3, -0.25) is 14.2 Å². The molecule has 0 saturated carbocycles. The third-order valence-corrected chi connectivity index (χ3v) is 5.51. The predicted octanol–water partition coefficient (Wildman–Crippen LogP) is 4.79. The number of pyridine rings is 1. The molecule has 0 saturated heterocycles. The van der Waals surface area contributed by atoms with Gasteiger partial charge in [-0.15, -0.1) is 0 Å². The zero-order valence-corrected chi connectivity index (χ0v) is 18.0. The minimum absolute atomic E-state index is 0.231. The van der Waals surface area contributed by atoms with Crippen LogP contribution in [0.25, 0.3) is 22.2 Å². The first-order valence-electron chi connectivity index (χ1n) is 10.0. The van der Waals surface area contributed by atoms with E-state index in [4.69, 9.17) is 16.6 Å². The molecule has 0 atom stereocenters. The van der Waals surface area contributed by atoms with Crippen LogP contribution in [0, 0.1) is 0 Å². The highest BCUT2D eigenvalue weighted by Gasteiger charge is 2.15. The van der Waals surface area contributed by atoms with Crippen molar-refractivity contribution in [2.75, 3.05) is 5.32 Å². The lowest BCUT2D eigenvalue weighted by molar-refractivity contribution is 0.102. The molecule has 0 aliphatic heterocycles. The summed E-state index contributed by atoms with van der Waals surface area (Å²) in [5, 5.41) is 13.0. The molecule has 0 radical (unpaired) electrons. The van der Waals surface area contributed by atoms with Crippen molar-refractivity contribution in [3.8, 4) is 11.3 Å². The summed E-state index contributed by atoms with van der Waals surface area (Å²) in [6, 6.07) is 17.0. The van der Waals surface area contributed by atoms with E-state index in [1.54, 1.807) is 34.0 Å². The number of amides is 1. The molecule has 5 aromatic rings. The number of fused-ring (bicyclic) bond motifs is 1. The zero-order valence-electron chi connectivity index (χ0n) is 17.2. The number of nitrogens with one attached hydrogen (secondary N) is 1. The second-order valence-electron chi connectivity index (χ2n) is 7.45. The van der Waals surface area contributed by atoms with Crippen molar-refractivity contribution in [3.05, 3.63) is 95.5 Å². The van der Waals surface area contributed by atoms with Crippen molar-refractivity contribution >= 4 is 34.1 Å². The fraction of sp³-hybridized carbons (Fsp3) is 0.0833. The summed E-state index contributed by atoms with van der Waals surface area (Å²) >= 11 is 6.24. The van der Waals surface area contributed by atoms with Gasteiger partial charge in [0.25, 0.3) is 5.91 Å². The standard InChI is InChI=1S/C24H19ClN6O/c1-30-13-17(11-26-30)23-10-20(19-7-3-5-9-22(19)29-23)24(32)28-18-12-27-31(15-18)14-16-6-2-4-8-21(16)25/h2-13,15H,14H2,1H3,(H,28,32). The fourth-order valence-corrected chi connectivity index (χ4v) is 3.77. The Balaban J connectivity index is 1.44. The maximum atomic E-state index is 13.2. The van der Waals surface area contributed by atoms with Crippen molar-refractivity contribution in [1.29, 1.82) is 0 Å². The first kappa shape index (κ1) is 20.0. The number of hydrogen-bond acceptors (Lipinski definition) is 4. The Morgan fingerprint density at radius 2 is 1.84 bits per heavy atom. The molecule has 158 valence electrons. The van der Waals surface area contributed by atoms with Gasteiger partial charge < -0.3 is 5.32 Å². The molecular weight excluding hydrogens is 424 g/mol. The number of anilines is 1. The number of rotatable bonds is 5. The molecule has 2 aromatic carbocycles. The minimum Gasteiger partial charge on any atom is -0.319 e. The SMILES string of the molecule is Cn1cc(-c2cc(C(=O)Nc3cnn(Cc4ccccc4Cl)c3)c3ccccc3n2)cn1. The topological polar surface area (TPSA) is 77.6 Å². The van der Waals surface area contributed by atoms with Crippen molar-refractivity contribution in [2.45, 2.75) is 6.54 Å². The molecule has 0 unspecified atom stereocenters. The maximum absolute atomic E-state index is 13.2. The highest BCUT2D eigenvalue weighted by Crippen LogP contribution is 2.25. The number of carbonyl (C=O) groups excluding carboxylic acids is 1. The predicted molar refractivity (Wildman–Crippen MR) is 125 cm³/mol. The molecule has 1 N–H and O–H groups in total. The Bertz CT molecular complexity index is 1440. The number of halogens is 1. The van der Waals surface area contributed by atoms with Crippen molar-refractivity contribution in [3.63, 3.8) is 0 Å². The molecule has 5 rings (SSSR count). The highest BCUT2D eigenvalue weighted by molar-refractivity contribution is 6.31. The van der Waals surface area contributed by atoms with Gasteiger partial charge in [0.15, 0.2) is 0 Å². The summed E-state index contributed by atoms with van der Waals surface area (Å²) in [4.78, 5) is 17.9. The summed E-state index contributed by atoms with van der Waals surface area (Å²) in [6.45, 7) is 0.513. The largest absolute Gasteiger partial charge is 0.319 e. The van der Waals surface area contributed by atoms with E-state index in [0.717, 1.165) is 22.0 Å². The Hall–Kier alpha value is -3.97. The molecule has 0 fully saturated rings. The first-order chi connectivity index (χ1) is 15.6. The maximum Gasteiger partial charge on any atom is 0.256 e. The van der Waals surface area contributed by atoms with Gasteiger partial charge in [0.1, 0.15) is 0 Å². The third-order valence-electron chi connectivity index (χ3n) is 5.14. The van der Waals surface area contributed by atoms with Crippen LogP contribution in [0.3, 0.4) is 0 Å². The number of hydrogen-bond donors (Lipinski definition) is 1. The van der Waals surface area contributed by atoms with Crippen LogP contribution >= 0.6 is 11.6 Å². The van der Waals surface area contributed by atoms with Crippen LogP contribution in [-0.4, -0.2) is 30.5 Å². The molecule has 1 amide bonds. The first-order valence-corrected chi connectivity index (χ1v) is 10.4. The Morgan fingerprint density at radius 3 is 2.66 bits per heavy atom. The molecule has 7 nitrogen and oxygen atoms in total. The Kier molecular flexibility index (Phi) is 5.17. The monoisotopic (exact) mass is 442 g/mol. The van der Waals surface area contributed by atoms with Crippen LogP contribution in [0.5, 0.6) is 0 Å². The van der Waals surface area contributed by atoms with E-state index in [1.807, 2.05) is 61.8 Å². The van der Waals surface area contributed by atoms with Gasteiger partial charge in [0.05, 0.1) is 41.4 Å². The molecule has 0 aliphatic rings. The lowest BCUT2D eigenvalue weighted by Gasteiger charge is -2.09. The van der Waals surface area contributed by atoms with E-state index in [0.29, 0.717) is 28.5 Å². The molecule has 8 heteroatoms. The minimum atomic E-state index is -0.231. The molecule has 3 heterocycles. The van der Waals surface area contributed by atoms with E-state index >= 15 is 0 Å². The van der Waals surface area contributed by atoms with Crippen LogP contribution < -0.4 is 5.32 Å². The summed E-state index contributed by atoms with van der Waals surface area (Å²) in [5.41, 5.74) is 4.38. The van der Waals surface area contributed by atoms with E-state index in [2.05, 4.69) is 15.5 Å². The smallest absolute Gasteiger partial charge is 0.256 e. The number of carbonyl (C=O) groups is 1. The lowest BCUT2D eigenvalue weighted by Crippen LogP contribution is -2.12. The number of benzene rings is 2. The van der Waals surface area contributed by atoms with Gasteiger partial charge in [-0.05, 0) is 23.8 Å². The van der Waals surface area contributed by atoms with Gasteiger partial charge in [0.2, 0.25) is 0 Å². The third kappa shape index (κ3) is 3.98. The van der Waals surface area contributed by atoms with Gasteiger partial charge >= 0.3 is 0 Å². The zero-order chi connectivity index (χ0) is 22.1. The van der Waals surface area contributed by atoms with Crippen LogP contribution in [0.2, 0.25) is 5.02 Å². The fourth-order valence-electron chi connectivity index (χ4n) is 3.58. The molecule has 0 aliphatic carbocycles. The second-order valence-corrected chi connectivity index (χ2v) is 7.85. The van der Waals surface area contributed by atoms with Crippen LogP contribution in [0.15, 0.2) is 79.4 Å².